The highest BCUT2D eigenvalue weighted by atomic mass is 19.1. The molecule has 0 unspecified atom stereocenters. The van der Waals surface area contributed by atoms with Crippen LogP contribution in [0.4, 0.5) is 15.8 Å². The molecule has 148 valence electrons. The van der Waals surface area contributed by atoms with Crippen molar-refractivity contribution in [3.8, 4) is 0 Å². The zero-order valence-electron chi connectivity index (χ0n) is 15.6. The molecule has 0 saturated carbocycles. The van der Waals surface area contributed by atoms with Crippen LogP contribution in [0.15, 0.2) is 72.8 Å². The lowest BCUT2D eigenvalue weighted by Crippen LogP contribution is -2.24. The van der Waals surface area contributed by atoms with Gasteiger partial charge in [0.05, 0.1) is 11.3 Å². The summed E-state index contributed by atoms with van der Waals surface area (Å²) in [6, 6.07) is 19.9. The van der Waals surface area contributed by atoms with Gasteiger partial charge in [-0.25, -0.2) is 4.39 Å². The highest BCUT2D eigenvalue weighted by Crippen LogP contribution is 2.15. The van der Waals surface area contributed by atoms with E-state index >= 15 is 0 Å². The number of halogens is 1. The lowest BCUT2D eigenvalue weighted by Gasteiger charge is -2.09. The zero-order chi connectivity index (χ0) is 20.6. The summed E-state index contributed by atoms with van der Waals surface area (Å²) >= 11 is 0. The molecule has 6 nitrogen and oxygen atoms in total. The number of benzene rings is 3. The van der Waals surface area contributed by atoms with Crippen LogP contribution in [-0.2, 0) is 24.3 Å². The molecule has 0 spiro atoms. The van der Waals surface area contributed by atoms with Gasteiger partial charge >= 0.3 is 0 Å². The molecule has 3 aromatic carbocycles. The van der Waals surface area contributed by atoms with Crippen molar-refractivity contribution in [1.82, 2.24) is 5.32 Å². The summed E-state index contributed by atoms with van der Waals surface area (Å²) in [7, 11) is 0. The van der Waals surface area contributed by atoms with E-state index in [1.807, 2.05) is 24.3 Å². The smallest absolute Gasteiger partial charge is 0.269 e. The van der Waals surface area contributed by atoms with Crippen LogP contribution in [0.3, 0.4) is 0 Å². The minimum Gasteiger partial charge on any atom is -0.381 e. The molecule has 1 amide bonds. The predicted octanol–water partition coefficient (Wildman–Crippen LogP) is 4.20. The third-order valence-electron chi connectivity index (χ3n) is 4.37. The maximum atomic E-state index is 12.9. The largest absolute Gasteiger partial charge is 0.381 e. The summed E-state index contributed by atoms with van der Waals surface area (Å²) < 4.78 is 12.9. The topological polar surface area (TPSA) is 84.3 Å². The van der Waals surface area contributed by atoms with Crippen LogP contribution in [0, 0.1) is 15.9 Å². The number of carbonyl (C=O) groups is 1. The first-order valence-electron chi connectivity index (χ1n) is 9.07. The van der Waals surface area contributed by atoms with Crippen LogP contribution >= 0.6 is 0 Å². The van der Waals surface area contributed by atoms with Crippen LogP contribution in [-0.4, -0.2) is 10.8 Å². The molecule has 0 aromatic heterocycles. The Labute approximate surface area is 167 Å². The standard InChI is InChI=1S/C22H20FN3O3/c23-19-7-1-17(2-8-19)15-25-22(27)13-16-3-9-20(10-4-16)24-14-18-5-11-21(12-6-18)26(28)29/h1-12,24H,13-15H2,(H,25,27). The Bertz CT molecular complexity index is 972. The fourth-order valence-corrected chi connectivity index (χ4v) is 2.73. The number of hydrogen-bond donors (Lipinski definition) is 2. The van der Waals surface area contributed by atoms with E-state index in [9.17, 15) is 19.3 Å². The summed E-state index contributed by atoms with van der Waals surface area (Å²) in [4.78, 5) is 22.3. The van der Waals surface area contributed by atoms with Gasteiger partial charge in [-0.1, -0.05) is 36.4 Å². The van der Waals surface area contributed by atoms with Crippen molar-refractivity contribution in [2.24, 2.45) is 0 Å². The van der Waals surface area contributed by atoms with E-state index in [1.54, 1.807) is 24.3 Å². The number of non-ortho nitro benzene ring substituents is 1. The zero-order valence-corrected chi connectivity index (χ0v) is 15.6. The molecule has 3 rings (SSSR count). The second kappa shape index (κ2) is 9.45. The van der Waals surface area contributed by atoms with Gasteiger partial charge in [-0.15, -0.1) is 0 Å². The molecule has 2 N–H and O–H groups in total. The van der Waals surface area contributed by atoms with E-state index < -0.39 is 4.92 Å². The molecule has 3 aromatic rings. The molecule has 0 fully saturated rings. The Morgan fingerprint density at radius 2 is 1.38 bits per heavy atom. The van der Waals surface area contributed by atoms with Gasteiger partial charge in [0, 0.05) is 30.9 Å². The molecular formula is C22H20FN3O3. The molecule has 0 bridgehead atoms. The fourth-order valence-electron chi connectivity index (χ4n) is 2.73. The highest BCUT2D eigenvalue weighted by molar-refractivity contribution is 5.78. The molecule has 0 aliphatic carbocycles. The molecule has 0 aliphatic heterocycles. The van der Waals surface area contributed by atoms with Gasteiger partial charge in [0.25, 0.3) is 5.69 Å². The van der Waals surface area contributed by atoms with Crippen LogP contribution in [0.25, 0.3) is 0 Å². The van der Waals surface area contributed by atoms with Crippen molar-refractivity contribution in [2.45, 2.75) is 19.5 Å². The van der Waals surface area contributed by atoms with Crippen molar-refractivity contribution in [1.29, 1.82) is 0 Å². The summed E-state index contributed by atoms with van der Waals surface area (Å²) in [5, 5.41) is 16.7. The highest BCUT2D eigenvalue weighted by Gasteiger charge is 2.05. The van der Waals surface area contributed by atoms with E-state index in [4.69, 9.17) is 0 Å². The van der Waals surface area contributed by atoms with Crippen LogP contribution in [0.5, 0.6) is 0 Å². The van der Waals surface area contributed by atoms with Gasteiger partial charge in [-0.05, 0) is 41.0 Å². The number of nitrogens with one attached hydrogen (secondary N) is 2. The number of hydrogen-bond acceptors (Lipinski definition) is 4. The van der Waals surface area contributed by atoms with Crippen LogP contribution < -0.4 is 10.6 Å². The van der Waals surface area contributed by atoms with Gasteiger partial charge in [0.2, 0.25) is 5.91 Å². The minimum atomic E-state index is -0.425. The maximum absolute atomic E-state index is 12.9. The van der Waals surface area contributed by atoms with E-state index in [-0.39, 0.29) is 23.8 Å². The van der Waals surface area contributed by atoms with E-state index in [0.29, 0.717) is 13.1 Å². The predicted molar refractivity (Wildman–Crippen MR) is 109 cm³/mol. The number of anilines is 1. The number of amides is 1. The number of nitro groups is 1. The third kappa shape index (κ3) is 6.14. The summed E-state index contributed by atoms with van der Waals surface area (Å²) in [5.41, 5.74) is 3.60. The number of nitro benzene ring substituents is 1. The number of nitrogens with zero attached hydrogens (tertiary/aromatic N) is 1. The van der Waals surface area contributed by atoms with Crippen molar-refractivity contribution in [3.05, 3.63) is 105 Å². The Balaban J connectivity index is 1.46. The molecule has 29 heavy (non-hydrogen) atoms. The Hall–Kier alpha value is -3.74. The second-order valence-corrected chi connectivity index (χ2v) is 6.55. The minimum absolute atomic E-state index is 0.0656. The van der Waals surface area contributed by atoms with Crippen LogP contribution in [0.1, 0.15) is 16.7 Å². The molecule has 0 radical (unpaired) electrons. The average molecular weight is 393 g/mol. The van der Waals surface area contributed by atoms with Crippen molar-refractivity contribution < 1.29 is 14.1 Å². The first-order chi connectivity index (χ1) is 14.0. The Kier molecular flexibility index (Phi) is 6.52. The first-order valence-corrected chi connectivity index (χ1v) is 9.07. The van der Waals surface area contributed by atoms with Crippen molar-refractivity contribution in [3.63, 3.8) is 0 Å². The quantitative estimate of drug-likeness (QED) is 0.444. The molecule has 0 aliphatic rings. The average Bonchev–Trinajstić information content (AvgIpc) is 2.73. The summed E-state index contributed by atoms with van der Waals surface area (Å²) in [6.07, 6.45) is 0.254. The molecular weight excluding hydrogens is 373 g/mol. The van der Waals surface area contributed by atoms with Gasteiger partial charge < -0.3 is 10.6 Å². The molecule has 0 saturated heterocycles. The van der Waals surface area contributed by atoms with E-state index in [0.717, 1.165) is 22.4 Å². The maximum Gasteiger partial charge on any atom is 0.269 e. The van der Waals surface area contributed by atoms with Gasteiger partial charge in [-0.2, -0.15) is 0 Å². The number of carbonyl (C=O) groups excluding carboxylic acids is 1. The van der Waals surface area contributed by atoms with Gasteiger partial charge in [0.1, 0.15) is 5.82 Å². The first kappa shape index (κ1) is 20.0. The summed E-state index contributed by atoms with van der Waals surface area (Å²) in [5.74, 6) is -0.414. The normalized spacial score (nSPS) is 10.4. The molecule has 7 heteroatoms. The third-order valence-corrected chi connectivity index (χ3v) is 4.37. The second-order valence-electron chi connectivity index (χ2n) is 6.55. The van der Waals surface area contributed by atoms with Gasteiger partial charge in [0.15, 0.2) is 0 Å². The molecule has 0 atom stereocenters. The van der Waals surface area contributed by atoms with E-state index in [2.05, 4.69) is 10.6 Å². The van der Waals surface area contributed by atoms with Crippen molar-refractivity contribution in [2.75, 3.05) is 5.32 Å². The SMILES string of the molecule is O=C(Cc1ccc(NCc2ccc([N+](=O)[O-])cc2)cc1)NCc1ccc(F)cc1. The number of rotatable bonds is 8. The van der Waals surface area contributed by atoms with Crippen LogP contribution in [0.2, 0.25) is 0 Å². The fraction of sp³-hybridized carbons (Fsp3) is 0.136. The lowest BCUT2D eigenvalue weighted by atomic mass is 10.1. The summed E-state index contributed by atoms with van der Waals surface area (Å²) in [6.45, 7) is 0.892. The van der Waals surface area contributed by atoms with Gasteiger partial charge in [-0.3, -0.25) is 14.9 Å². The Morgan fingerprint density at radius 3 is 2.00 bits per heavy atom. The lowest BCUT2D eigenvalue weighted by molar-refractivity contribution is -0.384. The Morgan fingerprint density at radius 1 is 0.828 bits per heavy atom. The van der Waals surface area contributed by atoms with E-state index in [1.165, 1.54) is 24.3 Å². The monoisotopic (exact) mass is 393 g/mol. The van der Waals surface area contributed by atoms with Crippen molar-refractivity contribution >= 4 is 17.3 Å². The molecule has 0 heterocycles.